The van der Waals surface area contributed by atoms with Crippen LogP contribution in [0.3, 0.4) is 0 Å². The Morgan fingerprint density at radius 2 is 1.60 bits per heavy atom. The molecule has 1 nitrogen and oxygen atoms in total. The van der Waals surface area contributed by atoms with Crippen molar-refractivity contribution in [2.24, 2.45) is 11.1 Å². The fraction of sp³-hybridized carbons (Fsp3) is 0.667. The molecule has 1 unspecified atom stereocenters. The van der Waals surface area contributed by atoms with Crippen LogP contribution < -0.4 is 5.73 Å². The molecule has 2 heteroatoms. The van der Waals surface area contributed by atoms with Crippen molar-refractivity contribution in [1.82, 2.24) is 0 Å². The second-order valence-corrected chi connectivity index (χ2v) is 6.24. The van der Waals surface area contributed by atoms with Gasteiger partial charge < -0.3 is 5.73 Å². The Hall–Kier alpha value is -0.890. The van der Waals surface area contributed by atoms with E-state index in [1.807, 2.05) is 0 Å². The van der Waals surface area contributed by atoms with Gasteiger partial charge in [-0.05, 0) is 36.0 Å². The SMILES string of the molecule is CC1(C(N)c2ccc(F)cc2)CCC1.CCCCCC. The molecule has 0 amide bonds. The summed E-state index contributed by atoms with van der Waals surface area (Å²) in [5.41, 5.74) is 7.45. The van der Waals surface area contributed by atoms with Crippen molar-refractivity contribution in [2.75, 3.05) is 0 Å². The third kappa shape index (κ3) is 4.90. The van der Waals surface area contributed by atoms with Crippen molar-refractivity contribution in [2.45, 2.75) is 71.8 Å². The van der Waals surface area contributed by atoms with Gasteiger partial charge in [0.1, 0.15) is 5.82 Å². The van der Waals surface area contributed by atoms with Crippen LogP contribution in [0.4, 0.5) is 4.39 Å². The van der Waals surface area contributed by atoms with E-state index in [9.17, 15) is 4.39 Å². The quantitative estimate of drug-likeness (QED) is 0.697. The molecule has 1 saturated carbocycles. The van der Waals surface area contributed by atoms with E-state index in [2.05, 4.69) is 20.8 Å². The Morgan fingerprint density at radius 1 is 1.10 bits per heavy atom. The summed E-state index contributed by atoms with van der Waals surface area (Å²) >= 11 is 0. The summed E-state index contributed by atoms with van der Waals surface area (Å²) in [6.07, 6.45) is 9.18. The first kappa shape index (κ1) is 17.2. The van der Waals surface area contributed by atoms with Crippen LogP contribution in [0.15, 0.2) is 24.3 Å². The molecule has 0 radical (unpaired) electrons. The third-order valence-corrected chi connectivity index (χ3v) is 4.43. The van der Waals surface area contributed by atoms with E-state index in [4.69, 9.17) is 5.73 Å². The van der Waals surface area contributed by atoms with Gasteiger partial charge in [-0.1, -0.05) is 65.0 Å². The van der Waals surface area contributed by atoms with Crippen molar-refractivity contribution in [3.8, 4) is 0 Å². The van der Waals surface area contributed by atoms with Crippen LogP contribution in [0.2, 0.25) is 0 Å². The average molecular weight is 279 g/mol. The van der Waals surface area contributed by atoms with Crippen LogP contribution in [-0.4, -0.2) is 0 Å². The molecule has 1 aliphatic carbocycles. The Labute approximate surface area is 123 Å². The summed E-state index contributed by atoms with van der Waals surface area (Å²) in [6.45, 7) is 6.68. The molecule has 1 aromatic carbocycles. The van der Waals surface area contributed by atoms with Gasteiger partial charge in [0.25, 0.3) is 0 Å². The van der Waals surface area contributed by atoms with Crippen molar-refractivity contribution in [3.63, 3.8) is 0 Å². The molecular formula is C18H30FN. The Kier molecular flexibility index (Phi) is 7.22. The van der Waals surface area contributed by atoms with Gasteiger partial charge in [-0.3, -0.25) is 0 Å². The summed E-state index contributed by atoms with van der Waals surface area (Å²) in [4.78, 5) is 0. The third-order valence-electron chi connectivity index (χ3n) is 4.43. The van der Waals surface area contributed by atoms with E-state index in [0.29, 0.717) is 0 Å². The molecule has 114 valence electrons. The number of hydrogen-bond acceptors (Lipinski definition) is 1. The number of halogens is 1. The molecule has 0 spiro atoms. The zero-order chi connectivity index (χ0) is 15.0. The fourth-order valence-electron chi connectivity index (χ4n) is 2.62. The first-order chi connectivity index (χ1) is 9.53. The molecule has 1 fully saturated rings. The standard InChI is InChI=1S/C12H16FN.C6H14/c1-12(7-2-8-12)11(14)9-3-5-10(13)6-4-9;1-3-5-6-4-2/h3-6,11H,2,7-8,14H2,1H3;3-6H2,1-2H3. The second kappa shape index (κ2) is 8.41. The number of unbranched alkanes of at least 4 members (excludes halogenated alkanes) is 3. The molecule has 1 aliphatic rings. The Morgan fingerprint density at radius 3 is 1.95 bits per heavy atom. The molecule has 1 aromatic rings. The predicted octanol–water partition coefficient (Wildman–Crippen LogP) is 5.60. The van der Waals surface area contributed by atoms with Gasteiger partial charge in [-0.25, -0.2) is 4.39 Å². The highest BCUT2D eigenvalue weighted by atomic mass is 19.1. The average Bonchev–Trinajstić information content (AvgIpc) is 2.43. The summed E-state index contributed by atoms with van der Waals surface area (Å²) in [6, 6.07) is 6.61. The lowest BCUT2D eigenvalue weighted by Crippen LogP contribution is -2.37. The molecule has 0 aliphatic heterocycles. The summed E-state index contributed by atoms with van der Waals surface area (Å²) in [5.74, 6) is -0.195. The molecule has 1 atom stereocenters. The van der Waals surface area contributed by atoms with E-state index >= 15 is 0 Å². The van der Waals surface area contributed by atoms with Crippen LogP contribution in [0.25, 0.3) is 0 Å². The maximum Gasteiger partial charge on any atom is 0.123 e. The molecule has 0 saturated heterocycles. The zero-order valence-corrected chi connectivity index (χ0v) is 13.3. The van der Waals surface area contributed by atoms with Crippen LogP contribution in [0.1, 0.15) is 77.3 Å². The van der Waals surface area contributed by atoms with Crippen molar-refractivity contribution in [1.29, 1.82) is 0 Å². The fourth-order valence-corrected chi connectivity index (χ4v) is 2.62. The van der Waals surface area contributed by atoms with E-state index in [0.717, 1.165) is 5.56 Å². The molecule has 2 N–H and O–H groups in total. The first-order valence-electron chi connectivity index (χ1n) is 8.04. The molecule has 0 heterocycles. The highest BCUT2D eigenvalue weighted by molar-refractivity contribution is 5.22. The molecule has 2 rings (SSSR count). The summed E-state index contributed by atoms with van der Waals surface area (Å²) in [7, 11) is 0. The zero-order valence-electron chi connectivity index (χ0n) is 13.3. The molecule has 0 aromatic heterocycles. The monoisotopic (exact) mass is 279 g/mol. The molecule has 20 heavy (non-hydrogen) atoms. The number of rotatable bonds is 5. The lowest BCUT2D eigenvalue weighted by molar-refractivity contribution is 0.119. The van der Waals surface area contributed by atoms with Gasteiger partial charge in [0.05, 0.1) is 0 Å². The van der Waals surface area contributed by atoms with Gasteiger partial charge in [-0.2, -0.15) is 0 Å². The molecular weight excluding hydrogens is 249 g/mol. The smallest absolute Gasteiger partial charge is 0.123 e. The maximum atomic E-state index is 12.7. The van der Waals surface area contributed by atoms with E-state index in [-0.39, 0.29) is 17.3 Å². The van der Waals surface area contributed by atoms with Gasteiger partial charge >= 0.3 is 0 Å². The highest BCUT2D eigenvalue weighted by Crippen LogP contribution is 2.48. The highest BCUT2D eigenvalue weighted by Gasteiger charge is 2.38. The first-order valence-corrected chi connectivity index (χ1v) is 8.04. The van der Waals surface area contributed by atoms with E-state index in [1.54, 1.807) is 12.1 Å². The normalized spacial score (nSPS) is 17.6. The topological polar surface area (TPSA) is 26.0 Å². The number of hydrogen-bond donors (Lipinski definition) is 1. The van der Waals surface area contributed by atoms with Gasteiger partial charge in [-0.15, -0.1) is 0 Å². The molecule has 0 bridgehead atoms. The summed E-state index contributed by atoms with van der Waals surface area (Å²) in [5, 5.41) is 0. The van der Waals surface area contributed by atoms with Crippen molar-refractivity contribution >= 4 is 0 Å². The van der Waals surface area contributed by atoms with Crippen molar-refractivity contribution < 1.29 is 4.39 Å². The minimum Gasteiger partial charge on any atom is -0.323 e. The number of nitrogens with two attached hydrogens (primary N) is 1. The van der Waals surface area contributed by atoms with Crippen LogP contribution in [0, 0.1) is 11.2 Å². The predicted molar refractivity (Wildman–Crippen MR) is 85.1 cm³/mol. The largest absolute Gasteiger partial charge is 0.323 e. The van der Waals surface area contributed by atoms with E-state index in [1.165, 1.54) is 57.1 Å². The summed E-state index contributed by atoms with van der Waals surface area (Å²) < 4.78 is 12.7. The van der Waals surface area contributed by atoms with Gasteiger partial charge in [0.15, 0.2) is 0 Å². The Balaban J connectivity index is 0.000000286. The van der Waals surface area contributed by atoms with Gasteiger partial charge in [0, 0.05) is 6.04 Å². The maximum absolute atomic E-state index is 12.7. The van der Waals surface area contributed by atoms with Crippen LogP contribution >= 0.6 is 0 Å². The minimum atomic E-state index is -0.195. The second-order valence-electron chi connectivity index (χ2n) is 6.24. The van der Waals surface area contributed by atoms with Crippen LogP contribution in [-0.2, 0) is 0 Å². The minimum absolute atomic E-state index is 0.0526. The van der Waals surface area contributed by atoms with Gasteiger partial charge in [0.2, 0.25) is 0 Å². The number of benzene rings is 1. The van der Waals surface area contributed by atoms with E-state index < -0.39 is 0 Å². The van der Waals surface area contributed by atoms with Crippen molar-refractivity contribution in [3.05, 3.63) is 35.6 Å². The Bertz CT molecular complexity index is 364. The van der Waals surface area contributed by atoms with Crippen LogP contribution in [0.5, 0.6) is 0 Å². The lowest BCUT2D eigenvalue weighted by Gasteiger charge is -2.43. The lowest BCUT2D eigenvalue weighted by atomic mass is 9.64.